The summed E-state index contributed by atoms with van der Waals surface area (Å²) in [5, 5.41) is 3.42. The minimum Gasteiger partial charge on any atom is -0.342 e. The van der Waals surface area contributed by atoms with Crippen LogP contribution in [0.15, 0.2) is 0 Å². The second-order valence-corrected chi connectivity index (χ2v) is 5.09. The van der Waals surface area contributed by atoms with E-state index < -0.39 is 0 Å². The zero-order chi connectivity index (χ0) is 13.4. The van der Waals surface area contributed by atoms with E-state index in [-0.39, 0.29) is 18.3 Å². The second kappa shape index (κ2) is 10.5. The summed E-state index contributed by atoms with van der Waals surface area (Å²) in [7, 11) is 0. The van der Waals surface area contributed by atoms with Gasteiger partial charge in [0.25, 0.3) is 0 Å². The summed E-state index contributed by atoms with van der Waals surface area (Å²) >= 11 is 0. The highest BCUT2D eigenvalue weighted by Gasteiger charge is 2.21. The van der Waals surface area contributed by atoms with Crippen LogP contribution in [-0.4, -0.2) is 61.5 Å². The lowest BCUT2D eigenvalue weighted by molar-refractivity contribution is -0.132. The van der Waals surface area contributed by atoms with Crippen molar-refractivity contribution in [2.45, 2.75) is 33.6 Å². The van der Waals surface area contributed by atoms with Gasteiger partial charge in [-0.1, -0.05) is 6.92 Å². The number of nitrogens with zero attached hydrogens (tertiary/aromatic N) is 2. The molecule has 1 fully saturated rings. The molecule has 1 saturated heterocycles. The highest BCUT2D eigenvalue weighted by atomic mass is 35.5. The molecule has 0 bridgehead atoms. The summed E-state index contributed by atoms with van der Waals surface area (Å²) < 4.78 is 0. The average molecular weight is 292 g/mol. The van der Waals surface area contributed by atoms with Gasteiger partial charge < -0.3 is 10.2 Å². The summed E-state index contributed by atoms with van der Waals surface area (Å²) in [5.74, 6) is 1.08. The van der Waals surface area contributed by atoms with E-state index >= 15 is 0 Å². The number of halogens is 1. The Bertz CT molecular complexity index is 239. The number of nitrogens with one attached hydrogen (secondary N) is 1. The van der Waals surface area contributed by atoms with Gasteiger partial charge in [-0.3, -0.25) is 9.69 Å². The number of amides is 1. The summed E-state index contributed by atoms with van der Waals surface area (Å²) in [5.41, 5.74) is 0. The predicted octanol–water partition coefficient (Wildman–Crippen LogP) is 1.60. The molecule has 5 heteroatoms. The van der Waals surface area contributed by atoms with Gasteiger partial charge in [0, 0.05) is 13.1 Å². The van der Waals surface area contributed by atoms with Crippen molar-refractivity contribution in [1.82, 2.24) is 15.1 Å². The van der Waals surface area contributed by atoms with Crippen LogP contribution in [0.4, 0.5) is 0 Å². The van der Waals surface area contributed by atoms with Gasteiger partial charge in [0.15, 0.2) is 0 Å². The van der Waals surface area contributed by atoms with Gasteiger partial charge in [0.2, 0.25) is 5.91 Å². The molecule has 0 aromatic heterocycles. The Kier molecular flexibility index (Phi) is 10.3. The molecule has 0 saturated carbocycles. The molecular formula is C14H30ClN3O. The number of likely N-dealkylation sites (tertiary alicyclic amines) is 1. The van der Waals surface area contributed by atoms with E-state index in [0.29, 0.717) is 6.54 Å². The Labute approximate surface area is 124 Å². The molecule has 4 nitrogen and oxygen atoms in total. The van der Waals surface area contributed by atoms with Crippen LogP contribution >= 0.6 is 12.4 Å². The maximum absolute atomic E-state index is 12.0. The molecule has 1 N–H and O–H groups in total. The summed E-state index contributed by atoms with van der Waals surface area (Å²) in [6.07, 6.45) is 2.44. The summed E-state index contributed by atoms with van der Waals surface area (Å²) in [6.45, 7) is 12.8. The van der Waals surface area contributed by atoms with E-state index in [0.717, 1.165) is 45.2 Å². The molecule has 1 heterocycles. The fraction of sp³-hybridized carbons (Fsp3) is 0.929. The normalized spacial score (nSPS) is 17.0. The van der Waals surface area contributed by atoms with Crippen LogP contribution in [0.3, 0.4) is 0 Å². The Morgan fingerprint density at radius 1 is 1.21 bits per heavy atom. The van der Waals surface area contributed by atoms with Crippen molar-refractivity contribution in [3.05, 3.63) is 0 Å². The first-order chi connectivity index (χ1) is 8.71. The maximum Gasteiger partial charge on any atom is 0.236 e. The number of carbonyl (C=O) groups is 1. The van der Waals surface area contributed by atoms with Gasteiger partial charge in [-0.05, 0) is 58.8 Å². The van der Waals surface area contributed by atoms with Crippen molar-refractivity contribution >= 4 is 18.3 Å². The summed E-state index contributed by atoms with van der Waals surface area (Å²) in [4.78, 5) is 16.2. The monoisotopic (exact) mass is 291 g/mol. The number of piperidine rings is 1. The Morgan fingerprint density at radius 3 is 2.26 bits per heavy atom. The molecule has 0 spiro atoms. The van der Waals surface area contributed by atoms with Gasteiger partial charge >= 0.3 is 0 Å². The molecule has 0 radical (unpaired) electrons. The third kappa shape index (κ3) is 6.59. The smallest absolute Gasteiger partial charge is 0.236 e. The van der Waals surface area contributed by atoms with E-state index in [1.165, 1.54) is 12.8 Å². The van der Waals surface area contributed by atoms with Gasteiger partial charge in [0.05, 0.1) is 6.54 Å². The van der Waals surface area contributed by atoms with E-state index in [4.69, 9.17) is 0 Å². The molecule has 0 unspecified atom stereocenters. The highest BCUT2D eigenvalue weighted by Crippen LogP contribution is 2.16. The first-order valence-electron chi connectivity index (χ1n) is 7.42. The number of rotatable bonds is 7. The molecule has 1 rings (SSSR count). The fourth-order valence-electron chi connectivity index (χ4n) is 2.56. The Balaban J connectivity index is 0.00000324. The molecular weight excluding hydrogens is 262 g/mol. The first-order valence-corrected chi connectivity index (χ1v) is 7.42. The van der Waals surface area contributed by atoms with Crippen molar-refractivity contribution in [2.24, 2.45) is 5.92 Å². The fourth-order valence-corrected chi connectivity index (χ4v) is 2.56. The van der Waals surface area contributed by atoms with Crippen LogP contribution in [0, 0.1) is 5.92 Å². The lowest BCUT2D eigenvalue weighted by Crippen LogP contribution is -2.44. The van der Waals surface area contributed by atoms with Crippen molar-refractivity contribution in [3.8, 4) is 0 Å². The molecule has 0 aromatic carbocycles. The first kappa shape index (κ1) is 18.7. The van der Waals surface area contributed by atoms with E-state index in [9.17, 15) is 4.79 Å². The van der Waals surface area contributed by atoms with Crippen LogP contribution in [0.1, 0.15) is 33.6 Å². The average Bonchev–Trinajstić information content (AvgIpc) is 2.39. The molecule has 114 valence electrons. The van der Waals surface area contributed by atoms with Gasteiger partial charge in [-0.2, -0.15) is 0 Å². The highest BCUT2D eigenvalue weighted by molar-refractivity contribution is 5.85. The van der Waals surface area contributed by atoms with Crippen molar-refractivity contribution in [1.29, 1.82) is 0 Å². The SMILES string of the molecule is CCNCC1CCN(CC(=O)N(CC)CC)CC1.Cl. The number of hydrogen-bond acceptors (Lipinski definition) is 3. The molecule has 1 amide bonds. The van der Waals surface area contributed by atoms with Gasteiger partial charge in [0.1, 0.15) is 0 Å². The third-order valence-electron chi connectivity index (χ3n) is 3.87. The largest absolute Gasteiger partial charge is 0.342 e. The number of likely N-dealkylation sites (N-methyl/N-ethyl adjacent to an activating group) is 1. The predicted molar refractivity (Wildman–Crippen MR) is 82.9 cm³/mol. The molecule has 0 aromatic rings. The molecule has 0 aliphatic carbocycles. The van der Waals surface area contributed by atoms with Crippen molar-refractivity contribution < 1.29 is 4.79 Å². The van der Waals surface area contributed by atoms with Crippen LogP contribution in [0.2, 0.25) is 0 Å². The zero-order valence-electron chi connectivity index (χ0n) is 12.7. The minimum absolute atomic E-state index is 0. The standard InChI is InChI=1S/C14H29N3O.ClH/c1-4-15-11-13-7-9-16(10-8-13)12-14(18)17(5-2)6-3;/h13,15H,4-12H2,1-3H3;1H. The van der Waals surface area contributed by atoms with Crippen molar-refractivity contribution in [2.75, 3.05) is 45.8 Å². The Hall–Kier alpha value is -0.320. The van der Waals surface area contributed by atoms with E-state index in [2.05, 4.69) is 17.1 Å². The molecule has 0 atom stereocenters. The van der Waals surface area contributed by atoms with E-state index in [1.54, 1.807) is 0 Å². The lowest BCUT2D eigenvalue weighted by atomic mass is 9.97. The second-order valence-electron chi connectivity index (χ2n) is 5.09. The third-order valence-corrected chi connectivity index (χ3v) is 3.87. The quantitative estimate of drug-likeness (QED) is 0.774. The summed E-state index contributed by atoms with van der Waals surface area (Å²) in [6, 6.07) is 0. The topological polar surface area (TPSA) is 35.6 Å². The van der Waals surface area contributed by atoms with Crippen LogP contribution < -0.4 is 5.32 Å². The number of hydrogen-bond donors (Lipinski definition) is 1. The van der Waals surface area contributed by atoms with Crippen molar-refractivity contribution in [3.63, 3.8) is 0 Å². The maximum atomic E-state index is 12.0. The van der Waals surface area contributed by atoms with Gasteiger partial charge in [-0.15, -0.1) is 12.4 Å². The number of carbonyl (C=O) groups excluding carboxylic acids is 1. The van der Waals surface area contributed by atoms with E-state index in [1.807, 2.05) is 18.7 Å². The zero-order valence-corrected chi connectivity index (χ0v) is 13.5. The lowest BCUT2D eigenvalue weighted by Gasteiger charge is -2.32. The molecule has 19 heavy (non-hydrogen) atoms. The van der Waals surface area contributed by atoms with Crippen LogP contribution in [-0.2, 0) is 4.79 Å². The molecule has 1 aliphatic rings. The minimum atomic E-state index is 0. The van der Waals surface area contributed by atoms with Gasteiger partial charge in [-0.25, -0.2) is 0 Å². The molecule has 1 aliphatic heterocycles. The van der Waals surface area contributed by atoms with Crippen LogP contribution in [0.25, 0.3) is 0 Å². The Morgan fingerprint density at radius 2 is 1.79 bits per heavy atom. The van der Waals surface area contributed by atoms with Crippen LogP contribution in [0.5, 0.6) is 0 Å².